The van der Waals surface area contributed by atoms with Crippen molar-refractivity contribution in [1.82, 2.24) is 19.8 Å². The van der Waals surface area contributed by atoms with E-state index in [0.29, 0.717) is 47.1 Å². The Morgan fingerprint density at radius 3 is 2.43 bits per heavy atom. The quantitative estimate of drug-likeness (QED) is 0.0720. The molecule has 3 saturated carbocycles. The Hall–Kier alpha value is -4.90. The van der Waals surface area contributed by atoms with Crippen molar-refractivity contribution in [2.24, 2.45) is 11.8 Å². The first-order chi connectivity index (χ1) is 29.9. The first-order valence-electron chi connectivity index (χ1n) is 21.8. The number of anilines is 1. The molecule has 1 unspecified atom stereocenters. The molecule has 2 aromatic carbocycles. The normalized spacial score (nSPS) is 23.1. The summed E-state index contributed by atoms with van der Waals surface area (Å²) in [5.41, 5.74) is 0.0200. The van der Waals surface area contributed by atoms with Crippen LogP contribution in [0.25, 0.3) is 10.2 Å². The maximum Gasteiger partial charge on any atom is 0.433 e. The summed E-state index contributed by atoms with van der Waals surface area (Å²) in [6.07, 6.45) is 3.05. The van der Waals surface area contributed by atoms with Crippen LogP contribution in [0.3, 0.4) is 0 Å². The van der Waals surface area contributed by atoms with Gasteiger partial charge in [0.15, 0.2) is 5.78 Å². The molecule has 1 aliphatic heterocycles. The van der Waals surface area contributed by atoms with Crippen molar-refractivity contribution in [1.29, 1.82) is 0 Å². The van der Waals surface area contributed by atoms with Crippen molar-refractivity contribution >= 4 is 56.5 Å². The summed E-state index contributed by atoms with van der Waals surface area (Å²) in [6, 6.07) is 11.1. The molecular formula is C47H52F3N5O7S. The molecule has 0 saturated heterocycles. The van der Waals surface area contributed by atoms with E-state index >= 15 is 0 Å². The number of thiazole rings is 1. The van der Waals surface area contributed by atoms with Gasteiger partial charge in [-0.05, 0) is 126 Å². The highest BCUT2D eigenvalue weighted by molar-refractivity contribution is 7.18. The lowest BCUT2D eigenvalue weighted by Crippen LogP contribution is -2.47. The molecule has 4 aromatic rings. The van der Waals surface area contributed by atoms with Gasteiger partial charge in [-0.1, -0.05) is 18.2 Å². The van der Waals surface area contributed by atoms with Crippen LogP contribution < -0.4 is 5.32 Å². The zero-order chi connectivity index (χ0) is 44.8. The van der Waals surface area contributed by atoms with Crippen LogP contribution in [-0.4, -0.2) is 93.1 Å². The smallest absolute Gasteiger partial charge is 0.386 e. The fourth-order valence-electron chi connectivity index (χ4n) is 9.64. The molecule has 1 atom stereocenters. The summed E-state index contributed by atoms with van der Waals surface area (Å²) in [4.78, 5) is 76.0. The number of nitrogens with one attached hydrogen (secondary N) is 1. The van der Waals surface area contributed by atoms with Crippen LogP contribution in [0.2, 0.25) is 0 Å². The van der Waals surface area contributed by atoms with E-state index in [0.717, 1.165) is 90.3 Å². The number of ether oxygens (including phenoxy) is 1. The molecule has 63 heavy (non-hydrogen) atoms. The fraction of sp³-hybridized carbons (Fsp3) is 0.511. The number of Topliss-reactive ketones (excluding diaryl/α,β-unsaturated/α-hetero) is 2. The van der Waals surface area contributed by atoms with Crippen LogP contribution in [0.4, 0.5) is 18.9 Å². The fourth-order valence-corrected chi connectivity index (χ4v) is 10.8. The highest BCUT2D eigenvalue weighted by Gasteiger charge is 2.46. The topological polar surface area (TPSA) is 159 Å². The van der Waals surface area contributed by atoms with Gasteiger partial charge in [0.1, 0.15) is 17.2 Å². The van der Waals surface area contributed by atoms with E-state index in [1.807, 2.05) is 6.07 Å². The minimum atomic E-state index is -4.69. The number of pyridine rings is 1. The number of aromatic nitrogens is 2. The number of halogens is 3. The van der Waals surface area contributed by atoms with Crippen LogP contribution >= 0.6 is 11.3 Å². The Kier molecular flexibility index (Phi) is 12.7. The first kappa shape index (κ1) is 44.7. The maximum absolute atomic E-state index is 13.5. The zero-order valence-corrected chi connectivity index (χ0v) is 36.4. The number of carbonyl (C=O) groups is 5. The van der Waals surface area contributed by atoms with Crippen LogP contribution in [0.15, 0.2) is 48.5 Å². The lowest BCUT2D eigenvalue weighted by molar-refractivity contribution is -0.141. The number of alkyl halides is 3. The molecular weight excluding hydrogens is 836 g/mol. The molecule has 16 heteroatoms. The molecule has 0 radical (unpaired) electrons. The molecule has 4 aliphatic rings. The van der Waals surface area contributed by atoms with Gasteiger partial charge in [0.2, 0.25) is 0 Å². The predicted molar refractivity (Wildman–Crippen MR) is 230 cm³/mol. The Morgan fingerprint density at radius 2 is 1.71 bits per heavy atom. The summed E-state index contributed by atoms with van der Waals surface area (Å²) < 4.78 is 46.8. The number of nitrogens with zero attached hydrogens (tertiary/aromatic N) is 4. The molecule has 334 valence electrons. The van der Waals surface area contributed by atoms with Crippen molar-refractivity contribution in [3.8, 4) is 0 Å². The molecule has 8 rings (SSSR count). The number of hydrogen-bond acceptors (Lipinski definition) is 11. The number of imide groups is 1. The molecule has 0 bridgehead atoms. The highest BCUT2D eigenvalue weighted by atomic mass is 32.1. The number of carbonyl (C=O) groups excluding carboxylic acids is 5. The second-order valence-corrected chi connectivity index (χ2v) is 19.3. The van der Waals surface area contributed by atoms with Gasteiger partial charge in [-0.2, -0.15) is 13.2 Å². The number of rotatable bonds is 14. The third kappa shape index (κ3) is 9.79. The molecule has 12 nitrogen and oxygen atoms in total. The van der Waals surface area contributed by atoms with Crippen molar-refractivity contribution in [2.75, 3.05) is 32.1 Å². The Bertz CT molecular complexity index is 2430. The second kappa shape index (κ2) is 17.9. The van der Waals surface area contributed by atoms with Gasteiger partial charge >= 0.3 is 6.18 Å². The van der Waals surface area contributed by atoms with E-state index in [1.54, 1.807) is 38.1 Å². The highest BCUT2D eigenvalue weighted by Crippen LogP contribution is 2.42. The number of amides is 3. The number of hydrogen-bond donors (Lipinski definition) is 2. The lowest BCUT2D eigenvalue weighted by atomic mass is 9.77. The van der Waals surface area contributed by atoms with Gasteiger partial charge in [-0.25, -0.2) is 9.97 Å². The Balaban J connectivity index is 0.768. The van der Waals surface area contributed by atoms with E-state index in [4.69, 9.17) is 9.72 Å². The average molecular weight is 888 g/mol. The summed E-state index contributed by atoms with van der Waals surface area (Å²) in [7, 11) is 2.15. The largest absolute Gasteiger partial charge is 0.433 e. The SMILES string of the molecule is CN(CCCOC1CC(Cc2cccc3c2C(=O)N(C2CCC(=O)CC2=O)C3=O)C1)CC1CCC(c2nc3cc(C(C)(C)O)c(NC(=O)c4cccc(C(F)(F)F)n4)cc3s2)CC1. The van der Waals surface area contributed by atoms with Gasteiger partial charge in [0.05, 0.1) is 50.5 Å². The minimum absolute atomic E-state index is 0.153. The van der Waals surface area contributed by atoms with Gasteiger partial charge in [-0.3, -0.25) is 28.9 Å². The van der Waals surface area contributed by atoms with E-state index in [-0.39, 0.29) is 54.2 Å². The van der Waals surface area contributed by atoms with Gasteiger partial charge in [0, 0.05) is 43.3 Å². The number of fused-ring (bicyclic) bond motifs is 2. The first-order valence-corrected chi connectivity index (χ1v) is 22.6. The molecule has 3 aliphatic carbocycles. The average Bonchev–Trinajstić information content (AvgIpc) is 3.75. The van der Waals surface area contributed by atoms with Gasteiger partial charge in [0.25, 0.3) is 17.7 Å². The molecule has 3 amide bonds. The number of benzene rings is 2. The lowest BCUT2D eigenvalue weighted by Gasteiger charge is -2.36. The summed E-state index contributed by atoms with van der Waals surface area (Å²) in [5, 5.41) is 14.7. The van der Waals surface area contributed by atoms with E-state index in [9.17, 15) is 42.3 Å². The van der Waals surface area contributed by atoms with Crippen molar-refractivity contribution in [3.63, 3.8) is 0 Å². The third-order valence-electron chi connectivity index (χ3n) is 13.0. The van der Waals surface area contributed by atoms with Crippen molar-refractivity contribution in [2.45, 2.75) is 114 Å². The third-order valence-corrected chi connectivity index (χ3v) is 14.2. The van der Waals surface area contributed by atoms with E-state index in [1.165, 1.54) is 17.4 Å². The maximum atomic E-state index is 13.5. The Morgan fingerprint density at radius 1 is 0.968 bits per heavy atom. The summed E-state index contributed by atoms with van der Waals surface area (Å²) in [5.74, 6) is -1.04. The monoisotopic (exact) mass is 887 g/mol. The van der Waals surface area contributed by atoms with Crippen LogP contribution in [0.5, 0.6) is 0 Å². The van der Waals surface area contributed by atoms with Gasteiger partial charge in [-0.15, -0.1) is 11.3 Å². The summed E-state index contributed by atoms with van der Waals surface area (Å²) >= 11 is 1.53. The summed E-state index contributed by atoms with van der Waals surface area (Å²) in [6.45, 7) is 5.72. The second-order valence-electron chi connectivity index (χ2n) is 18.3. The van der Waals surface area contributed by atoms with Crippen molar-refractivity contribution < 1.29 is 47.0 Å². The number of ketones is 2. The van der Waals surface area contributed by atoms with Crippen LogP contribution in [0.1, 0.15) is 137 Å². The van der Waals surface area contributed by atoms with Crippen LogP contribution in [-0.2, 0) is 32.5 Å². The predicted octanol–water partition coefficient (Wildman–Crippen LogP) is 8.11. The van der Waals surface area contributed by atoms with Crippen LogP contribution in [0, 0.1) is 11.8 Å². The van der Waals surface area contributed by atoms with E-state index in [2.05, 4.69) is 22.2 Å². The minimum Gasteiger partial charge on any atom is -0.386 e. The standard InChI is InChI=1S/C47H52F3N5O7S/c1-46(2,61)33-23-36-39(24-35(33)52-42(58)34-9-5-10-40(51-34)47(48,49)50)63-43(53-36)28-13-11-26(12-14-28)25-54(3)17-6-18-62-31-20-27(21-31)19-29-7-4-8-32-41(29)45(60)55(44(32)59)37-16-15-30(56)22-38(37)57/h4-5,7-10,23-24,26-28,31,37,61H,6,11-22,25H2,1-3H3,(H,52,58). The molecule has 0 spiro atoms. The molecule has 3 heterocycles. The van der Waals surface area contributed by atoms with Gasteiger partial charge < -0.3 is 20.1 Å². The van der Waals surface area contributed by atoms with E-state index < -0.39 is 41.2 Å². The zero-order valence-electron chi connectivity index (χ0n) is 35.6. The number of aliphatic hydroxyl groups is 1. The van der Waals surface area contributed by atoms with Crippen molar-refractivity contribution in [3.05, 3.63) is 87.2 Å². The molecule has 2 aromatic heterocycles. The Labute approximate surface area is 367 Å². The molecule has 3 fully saturated rings. The molecule has 2 N–H and O–H groups in total.